The molecular formula is C3H5NSe. The molecule has 0 aromatic heterocycles. The Morgan fingerprint density at radius 1 is 2.00 bits per heavy atom. The maximum absolute atomic E-state index is 7.84. The van der Waals surface area contributed by atoms with E-state index in [2.05, 4.69) is 4.97 Å². The van der Waals surface area contributed by atoms with Crippen LogP contribution in [0.15, 0.2) is 0 Å². The minimum atomic E-state index is 0.264. The van der Waals surface area contributed by atoms with Gasteiger partial charge in [0.15, 0.2) is 0 Å². The van der Waals surface area contributed by atoms with Crippen LogP contribution < -0.4 is 0 Å². The Bertz CT molecular complexity index is 45.3. The number of nitriles is 1. The Balaban J connectivity index is 2.48. The fourth-order valence-electron chi connectivity index (χ4n) is 0.0645. The summed E-state index contributed by atoms with van der Waals surface area (Å²) in [4.78, 5) is 2.08. The van der Waals surface area contributed by atoms with E-state index in [9.17, 15) is 0 Å². The van der Waals surface area contributed by atoms with Crippen molar-refractivity contribution in [3.63, 3.8) is 0 Å². The van der Waals surface area contributed by atoms with E-state index < -0.39 is 0 Å². The molecule has 0 saturated heterocycles. The van der Waals surface area contributed by atoms with Gasteiger partial charge in [0.05, 0.1) is 0 Å². The summed E-state index contributed by atoms with van der Waals surface area (Å²) in [6.45, 7) is 2.02. The molecule has 0 atom stereocenters. The molecule has 0 aliphatic heterocycles. The monoisotopic (exact) mass is 135 g/mol. The van der Waals surface area contributed by atoms with Crippen molar-refractivity contribution in [3.05, 3.63) is 0 Å². The quantitative estimate of drug-likeness (QED) is 0.482. The van der Waals surface area contributed by atoms with Gasteiger partial charge in [-0.1, -0.05) is 0 Å². The molecule has 0 spiro atoms. The first-order valence-electron chi connectivity index (χ1n) is 1.42. The first-order chi connectivity index (χ1) is 2.41. The third-order valence-corrected chi connectivity index (χ3v) is 1.09. The van der Waals surface area contributed by atoms with Crippen LogP contribution in [0.25, 0.3) is 0 Å². The Labute approximate surface area is 38.1 Å². The van der Waals surface area contributed by atoms with E-state index in [-0.39, 0.29) is 15.0 Å². The van der Waals surface area contributed by atoms with E-state index in [4.69, 9.17) is 5.26 Å². The first kappa shape index (κ1) is 5.01. The van der Waals surface area contributed by atoms with Crippen LogP contribution in [0.2, 0.25) is 5.32 Å². The predicted octanol–water partition coefficient (Wildman–Crippen LogP) is 0.610. The molecule has 28 valence electrons. The molecule has 2 heteroatoms. The average molecular weight is 134 g/mol. The van der Waals surface area contributed by atoms with Crippen LogP contribution in [0, 0.1) is 10.2 Å². The molecule has 0 fully saturated rings. The molecule has 0 amide bonds. The molecule has 0 aliphatic carbocycles. The summed E-state index contributed by atoms with van der Waals surface area (Å²) < 4.78 is 0. The van der Waals surface area contributed by atoms with E-state index in [1.54, 1.807) is 0 Å². The van der Waals surface area contributed by atoms with Crippen molar-refractivity contribution in [3.8, 4) is 4.97 Å². The fourth-order valence-corrected chi connectivity index (χ4v) is 0.335. The van der Waals surface area contributed by atoms with Crippen molar-refractivity contribution in [2.45, 2.75) is 12.2 Å². The molecule has 0 bridgehead atoms. The first-order valence-corrected chi connectivity index (χ1v) is 3.49. The molecular weight excluding hydrogens is 129 g/mol. The van der Waals surface area contributed by atoms with Crippen molar-refractivity contribution >= 4 is 15.0 Å². The van der Waals surface area contributed by atoms with Crippen molar-refractivity contribution < 1.29 is 0 Å². The normalized spacial score (nSPS) is 6.40. The van der Waals surface area contributed by atoms with Gasteiger partial charge < -0.3 is 0 Å². The third kappa shape index (κ3) is 4.01. The van der Waals surface area contributed by atoms with Gasteiger partial charge in [0.25, 0.3) is 0 Å². The second-order valence-electron chi connectivity index (χ2n) is 0.524. The zero-order valence-electron chi connectivity index (χ0n) is 3.06. The van der Waals surface area contributed by atoms with E-state index in [0.29, 0.717) is 0 Å². The molecule has 0 aromatic rings. The second-order valence-corrected chi connectivity index (χ2v) is 2.72. The summed E-state index contributed by atoms with van der Waals surface area (Å²) in [5.41, 5.74) is 0. The number of hydrogen-bond donors (Lipinski definition) is 0. The molecule has 0 N–H and O–H groups in total. The van der Waals surface area contributed by atoms with Crippen LogP contribution in [0.4, 0.5) is 0 Å². The zero-order chi connectivity index (χ0) is 4.12. The van der Waals surface area contributed by atoms with Gasteiger partial charge >= 0.3 is 37.4 Å². The number of rotatable bonds is 1. The third-order valence-electron chi connectivity index (χ3n) is 0.209. The summed E-state index contributed by atoms with van der Waals surface area (Å²) >= 11 is 0.264. The van der Waals surface area contributed by atoms with Gasteiger partial charge in [0.1, 0.15) is 0 Å². The van der Waals surface area contributed by atoms with Gasteiger partial charge in [-0.2, -0.15) is 0 Å². The zero-order valence-corrected chi connectivity index (χ0v) is 4.78. The Morgan fingerprint density at radius 3 is 2.60 bits per heavy atom. The predicted molar refractivity (Wildman–Crippen MR) is 21.8 cm³/mol. The van der Waals surface area contributed by atoms with Gasteiger partial charge in [0, 0.05) is 0 Å². The Kier molecular flexibility index (Phi) is 4.02. The molecule has 0 saturated carbocycles. The van der Waals surface area contributed by atoms with Crippen LogP contribution in [0.3, 0.4) is 0 Å². The van der Waals surface area contributed by atoms with Crippen LogP contribution in [-0.4, -0.2) is 15.0 Å². The standard InChI is InChI=1S/C3H5NSe/c1-2-5-3-4/h2H2,1H3. The second kappa shape index (κ2) is 4.01. The van der Waals surface area contributed by atoms with Crippen LogP contribution >= 0.6 is 0 Å². The summed E-state index contributed by atoms with van der Waals surface area (Å²) in [6, 6.07) is 0. The topological polar surface area (TPSA) is 23.8 Å². The van der Waals surface area contributed by atoms with Gasteiger partial charge in [-0.25, -0.2) is 0 Å². The number of hydrogen-bond acceptors (Lipinski definition) is 1. The van der Waals surface area contributed by atoms with Crippen molar-refractivity contribution in [1.29, 1.82) is 5.26 Å². The van der Waals surface area contributed by atoms with Gasteiger partial charge in [-0.3, -0.25) is 0 Å². The van der Waals surface area contributed by atoms with Crippen LogP contribution in [0.1, 0.15) is 6.92 Å². The van der Waals surface area contributed by atoms with E-state index in [0.717, 1.165) is 5.32 Å². The molecule has 0 aromatic carbocycles. The van der Waals surface area contributed by atoms with E-state index in [1.165, 1.54) is 0 Å². The maximum atomic E-state index is 7.84. The molecule has 0 heterocycles. The molecule has 1 nitrogen and oxygen atoms in total. The fraction of sp³-hybridized carbons (Fsp3) is 0.667. The van der Waals surface area contributed by atoms with E-state index >= 15 is 0 Å². The molecule has 0 aliphatic rings. The van der Waals surface area contributed by atoms with Crippen LogP contribution in [-0.2, 0) is 0 Å². The van der Waals surface area contributed by atoms with Crippen molar-refractivity contribution in [1.82, 2.24) is 0 Å². The Hall–Kier alpha value is 0.00948. The molecule has 5 heavy (non-hydrogen) atoms. The van der Waals surface area contributed by atoms with Gasteiger partial charge in [-0.15, -0.1) is 0 Å². The Morgan fingerprint density at radius 2 is 2.60 bits per heavy atom. The van der Waals surface area contributed by atoms with Crippen molar-refractivity contribution in [2.75, 3.05) is 0 Å². The SMILES string of the molecule is CC[Se]C#N. The van der Waals surface area contributed by atoms with Crippen LogP contribution in [0.5, 0.6) is 0 Å². The van der Waals surface area contributed by atoms with E-state index in [1.807, 2.05) is 6.92 Å². The van der Waals surface area contributed by atoms with Gasteiger partial charge in [0.2, 0.25) is 0 Å². The number of nitrogens with zero attached hydrogens (tertiary/aromatic N) is 1. The molecule has 0 radical (unpaired) electrons. The summed E-state index contributed by atoms with van der Waals surface area (Å²) in [6.07, 6.45) is 0. The summed E-state index contributed by atoms with van der Waals surface area (Å²) in [7, 11) is 0. The molecule has 0 unspecified atom stereocenters. The van der Waals surface area contributed by atoms with Gasteiger partial charge in [-0.05, 0) is 0 Å². The molecule has 0 rings (SSSR count). The average Bonchev–Trinajstić information content (AvgIpc) is 1.41. The minimum absolute atomic E-state index is 0.264. The summed E-state index contributed by atoms with van der Waals surface area (Å²) in [5.74, 6) is 0. The summed E-state index contributed by atoms with van der Waals surface area (Å²) in [5, 5.41) is 8.89. The van der Waals surface area contributed by atoms with Crippen molar-refractivity contribution in [2.24, 2.45) is 0 Å².